The summed E-state index contributed by atoms with van der Waals surface area (Å²) in [5.41, 5.74) is 0.0172. The lowest BCUT2D eigenvalue weighted by Crippen LogP contribution is -2.37. The van der Waals surface area contributed by atoms with Crippen molar-refractivity contribution in [3.05, 3.63) is 77.1 Å². The Hall–Kier alpha value is -2.99. The maximum absolute atomic E-state index is 14.0. The third-order valence-corrected chi connectivity index (χ3v) is 4.58. The van der Waals surface area contributed by atoms with E-state index in [4.69, 9.17) is 0 Å². The van der Waals surface area contributed by atoms with Gasteiger partial charge in [0.15, 0.2) is 0 Å². The van der Waals surface area contributed by atoms with Crippen LogP contribution >= 0.6 is 0 Å². The molecule has 0 fully saturated rings. The van der Waals surface area contributed by atoms with Crippen molar-refractivity contribution in [2.75, 3.05) is 0 Å². The van der Waals surface area contributed by atoms with Gasteiger partial charge in [0, 0.05) is 17.9 Å². The summed E-state index contributed by atoms with van der Waals surface area (Å²) in [6.07, 6.45) is 3.31. The van der Waals surface area contributed by atoms with Crippen molar-refractivity contribution in [2.24, 2.45) is 0 Å². The van der Waals surface area contributed by atoms with Crippen LogP contribution in [-0.4, -0.2) is 17.0 Å². The molecule has 0 saturated carbocycles. The Morgan fingerprint density at radius 1 is 0.871 bits per heavy atom. The van der Waals surface area contributed by atoms with Crippen molar-refractivity contribution in [3.8, 4) is 5.69 Å². The van der Waals surface area contributed by atoms with Crippen molar-refractivity contribution in [3.63, 3.8) is 0 Å². The molecule has 0 amide bonds. The zero-order valence-corrected chi connectivity index (χ0v) is 15.5. The van der Waals surface area contributed by atoms with Crippen LogP contribution in [0.1, 0.15) is 23.9 Å². The molecule has 2 heterocycles. The fourth-order valence-corrected chi connectivity index (χ4v) is 3.29. The van der Waals surface area contributed by atoms with Crippen LogP contribution in [0, 0.1) is 29.1 Å². The molecule has 0 aliphatic carbocycles. The lowest BCUT2D eigenvalue weighted by atomic mass is 10.0. The Morgan fingerprint density at radius 2 is 1.39 bits per heavy atom. The summed E-state index contributed by atoms with van der Waals surface area (Å²) >= 11 is 0. The van der Waals surface area contributed by atoms with E-state index >= 15 is 0 Å². The number of hydrogen-bond acceptors (Lipinski definition) is 1. The number of aromatic nitrogens is 3. The first-order chi connectivity index (χ1) is 14.5. The summed E-state index contributed by atoms with van der Waals surface area (Å²) in [6, 6.07) is 9.66. The van der Waals surface area contributed by atoms with Gasteiger partial charge < -0.3 is 17.3 Å². The molecule has 1 aromatic heterocycles. The van der Waals surface area contributed by atoms with Gasteiger partial charge in [-0.15, -0.1) is 0 Å². The van der Waals surface area contributed by atoms with Crippen molar-refractivity contribution in [2.45, 2.75) is 25.3 Å². The molecule has 0 saturated heterocycles. The van der Waals surface area contributed by atoms with Crippen LogP contribution in [0.5, 0.6) is 0 Å². The first kappa shape index (κ1) is 22.7. The zero-order chi connectivity index (χ0) is 22.9. The van der Waals surface area contributed by atoms with Crippen molar-refractivity contribution >= 4 is 7.25 Å². The van der Waals surface area contributed by atoms with Gasteiger partial charge in [0.2, 0.25) is 41.1 Å². The van der Waals surface area contributed by atoms with Crippen LogP contribution in [0.15, 0.2) is 36.7 Å². The van der Waals surface area contributed by atoms with Crippen molar-refractivity contribution in [1.82, 2.24) is 9.78 Å². The van der Waals surface area contributed by atoms with Crippen LogP contribution < -0.4 is 4.57 Å². The maximum Gasteiger partial charge on any atom is 0.673 e. The molecule has 1 unspecified atom stereocenters. The molecule has 166 valence electrons. The first-order valence-electron chi connectivity index (χ1n) is 8.90. The fraction of sp³-hybridized carbons (Fsp3) is 0.222. The molecule has 0 radical (unpaired) electrons. The largest absolute Gasteiger partial charge is 0.673 e. The molecule has 3 aromatic rings. The van der Waals surface area contributed by atoms with Gasteiger partial charge >= 0.3 is 7.25 Å². The molecule has 1 atom stereocenters. The van der Waals surface area contributed by atoms with E-state index in [1.54, 1.807) is 4.57 Å². The van der Waals surface area contributed by atoms with Crippen LogP contribution in [0.25, 0.3) is 5.69 Å². The Bertz CT molecular complexity index is 1050. The summed E-state index contributed by atoms with van der Waals surface area (Å²) in [5, 5.41) is 4.03. The second-order valence-corrected chi connectivity index (χ2v) is 6.68. The van der Waals surface area contributed by atoms with Crippen LogP contribution in [0.2, 0.25) is 0 Å². The minimum Gasteiger partial charge on any atom is -0.418 e. The highest BCUT2D eigenvalue weighted by Gasteiger charge is 2.36. The highest BCUT2D eigenvalue weighted by molar-refractivity contribution is 6.50. The molecule has 0 bridgehead atoms. The van der Waals surface area contributed by atoms with E-state index < -0.39 is 42.0 Å². The molecule has 1 aliphatic rings. The van der Waals surface area contributed by atoms with E-state index in [0.717, 1.165) is 16.7 Å². The average Bonchev–Trinajstić information content (AvgIpc) is 3.26. The standard InChI is InChI=1S/C18H13F5N3.BF4/c19-13-14(20)16(22)18(17(23)15(13)21)26-9-25-11(6-7-12(25)24-26)8-10-4-2-1-3-5-10;2-1(3,4)5/h1-5,9,11H,6-8H2;/q+1;-1. The second-order valence-electron chi connectivity index (χ2n) is 6.68. The van der Waals surface area contributed by atoms with Gasteiger partial charge in [0.05, 0.1) is 6.04 Å². The highest BCUT2D eigenvalue weighted by atomic mass is 19.5. The van der Waals surface area contributed by atoms with E-state index in [9.17, 15) is 39.2 Å². The molecule has 1 aliphatic heterocycles. The quantitative estimate of drug-likeness (QED) is 0.182. The lowest BCUT2D eigenvalue weighted by molar-refractivity contribution is -0.716. The lowest BCUT2D eigenvalue weighted by Gasteiger charge is -2.08. The zero-order valence-electron chi connectivity index (χ0n) is 15.5. The summed E-state index contributed by atoms with van der Waals surface area (Å²) in [6.45, 7) is 0. The second kappa shape index (κ2) is 8.63. The summed E-state index contributed by atoms with van der Waals surface area (Å²) in [5.74, 6) is -9.42. The van der Waals surface area contributed by atoms with E-state index in [2.05, 4.69) is 5.10 Å². The molecule has 4 rings (SSSR count). The average molecular weight is 453 g/mol. The van der Waals surface area contributed by atoms with E-state index in [1.807, 2.05) is 30.3 Å². The number of rotatable bonds is 3. The van der Waals surface area contributed by atoms with Gasteiger partial charge in [-0.2, -0.15) is 8.78 Å². The summed E-state index contributed by atoms with van der Waals surface area (Å²) in [7, 11) is -6.00. The third-order valence-electron chi connectivity index (χ3n) is 4.58. The van der Waals surface area contributed by atoms with Gasteiger partial charge in [-0.05, 0) is 12.0 Å². The van der Waals surface area contributed by atoms with Gasteiger partial charge in [-0.3, -0.25) is 0 Å². The normalized spacial score (nSPS) is 15.5. The number of fused-ring (bicyclic) bond motifs is 1. The number of nitrogens with zero attached hydrogens (tertiary/aromatic N) is 3. The first-order valence-corrected chi connectivity index (χ1v) is 8.90. The van der Waals surface area contributed by atoms with Crippen LogP contribution in [-0.2, 0) is 12.8 Å². The number of aryl methyl sites for hydroxylation is 1. The molecule has 31 heavy (non-hydrogen) atoms. The van der Waals surface area contributed by atoms with E-state index in [-0.39, 0.29) is 6.04 Å². The van der Waals surface area contributed by atoms with E-state index in [0.29, 0.717) is 18.7 Å². The molecule has 2 aromatic carbocycles. The Labute approximate surface area is 169 Å². The van der Waals surface area contributed by atoms with Crippen LogP contribution in [0.3, 0.4) is 0 Å². The minimum absolute atomic E-state index is 0.00224. The van der Waals surface area contributed by atoms with Crippen molar-refractivity contribution < 1.29 is 43.8 Å². The topological polar surface area (TPSA) is 21.7 Å². The predicted octanol–water partition coefficient (Wildman–Crippen LogP) is 4.89. The molecular weight excluding hydrogens is 440 g/mol. The third kappa shape index (κ3) is 5.02. The Morgan fingerprint density at radius 3 is 1.94 bits per heavy atom. The van der Waals surface area contributed by atoms with Gasteiger partial charge in [-0.1, -0.05) is 35.0 Å². The van der Waals surface area contributed by atoms with Gasteiger partial charge in [0.1, 0.15) is 0 Å². The molecular formula is C18H13BF9N3. The maximum atomic E-state index is 14.0. The fourth-order valence-electron chi connectivity index (χ4n) is 3.29. The molecule has 0 N–H and O–H groups in total. The SMILES string of the molecule is F[B-](F)(F)F.Fc1c(F)c(F)c(-n2c[n+]3c(n2)CCC3Cc2ccccc2)c(F)c1F. The summed E-state index contributed by atoms with van der Waals surface area (Å²) < 4.78 is 110. The molecule has 3 nitrogen and oxygen atoms in total. The monoisotopic (exact) mass is 453 g/mol. The summed E-state index contributed by atoms with van der Waals surface area (Å²) in [4.78, 5) is 0. The molecule has 0 spiro atoms. The number of halogens is 9. The number of benzene rings is 2. The van der Waals surface area contributed by atoms with Gasteiger partial charge in [0.25, 0.3) is 5.82 Å². The minimum atomic E-state index is -6.00. The molecule has 13 heteroatoms. The van der Waals surface area contributed by atoms with Crippen molar-refractivity contribution in [1.29, 1.82) is 0 Å². The highest BCUT2D eigenvalue weighted by Crippen LogP contribution is 2.27. The Balaban J connectivity index is 0.000000491. The van der Waals surface area contributed by atoms with Gasteiger partial charge in [-0.25, -0.2) is 17.7 Å². The van der Waals surface area contributed by atoms with Crippen LogP contribution in [0.4, 0.5) is 39.2 Å². The smallest absolute Gasteiger partial charge is 0.418 e. The Kier molecular flexibility index (Phi) is 6.32. The predicted molar refractivity (Wildman–Crippen MR) is 91.2 cm³/mol. The number of hydrogen-bond donors (Lipinski definition) is 0. The van der Waals surface area contributed by atoms with E-state index in [1.165, 1.54) is 6.33 Å².